The van der Waals surface area contributed by atoms with E-state index in [0.29, 0.717) is 10.8 Å². The van der Waals surface area contributed by atoms with E-state index in [1.54, 1.807) is 28.8 Å². The van der Waals surface area contributed by atoms with Crippen LogP contribution in [0.3, 0.4) is 0 Å². The van der Waals surface area contributed by atoms with E-state index in [1.165, 1.54) is 0 Å². The third kappa shape index (κ3) is 3.11. The first kappa shape index (κ1) is 16.1. The van der Waals surface area contributed by atoms with Gasteiger partial charge in [0.1, 0.15) is 5.75 Å². The Labute approximate surface area is 155 Å². The van der Waals surface area contributed by atoms with Crippen LogP contribution in [0.5, 0.6) is 5.75 Å². The maximum absolute atomic E-state index is 13.0. The zero-order valence-corrected chi connectivity index (χ0v) is 14.8. The second-order valence-electron chi connectivity index (χ2n) is 5.49. The zero-order valence-electron chi connectivity index (χ0n) is 13.2. The average Bonchev–Trinajstić information content (AvgIpc) is 2.65. The van der Waals surface area contributed by atoms with E-state index < -0.39 is 0 Å². The molecule has 1 heterocycles. The molecule has 0 radical (unpaired) electrons. The molecule has 4 rings (SSSR count). The van der Waals surface area contributed by atoms with E-state index in [4.69, 9.17) is 16.3 Å². The van der Waals surface area contributed by atoms with E-state index >= 15 is 0 Å². The zero-order chi connectivity index (χ0) is 17.2. The molecule has 0 aliphatic carbocycles. The van der Waals surface area contributed by atoms with Gasteiger partial charge in [0, 0.05) is 9.79 Å². The van der Waals surface area contributed by atoms with Gasteiger partial charge in [-0.15, -0.1) is 0 Å². The molecule has 0 saturated carbocycles. The molecule has 1 aliphatic rings. The van der Waals surface area contributed by atoms with Crippen molar-refractivity contribution in [3.8, 4) is 5.75 Å². The van der Waals surface area contributed by atoms with Crippen molar-refractivity contribution in [1.82, 2.24) is 0 Å². The summed E-state index contributed by atoms with van der Waals surface area (Å²) in [5, 5.41) is 0.491. The van der Waals surface area contributed by atoms with Crippen LogP contribution in [0.1, 0.15) is 0 Å². The maximum atomic E-state index is 13.0. The SMILES string of the molecule is O=C(COc1ccccc1Cl)N1c2ccccc2Sc2ccccc21. The van der Waals surface area contributed by atoms with E-state index in [0.717, 1.165) is 21.2 Å². The summed E-state index contributed by atoms with van der Waals surface area (Å²) in [6.07, 6.45) is 0. The Hall–Kier alpha value is -2.43. The van der Waals surface area contributed by atoms with Gasteiger partial charge in [-0.1, -0.05) is 59.8 Å². The van der Waals surface area contributed by atoms with Gasteiger partial charge in [-0.2, -0.15) is 0 Å². The normalized spacial score (nSPS) is 12.3. The Morgan fingerprint density at radius 2 is 1.44 bits per heavy atom. The van der Waals surface area contributed by atoms with Crippen LogP contribution in [-0.4, -0.2) is 12.5 Å². The van der Waals surface area contributed by atoms with Crippen molar-refractivity contribution in [2.24, 2.45) is 0 Å². The molecule has 0 spiro atoms. The van der Waals surface area contributed by atoms with Crippen molar-refractivity contribution in [3.63, 3.8) is 0 Å². The number of hydrogen-bond donors (Lipinski definition) is 0. The van der Waals surface area contributed by atoms with Crippen LogP contribution in [0.2, 0.25) is 5.02 Å². The minimum atomic E-state index is -0.139. The Morgan fingerprint density at radius 3 is 2.08 bits per heavy atom. The predicted octanol–water partition coefficient (Wildman–Crippen LogP) is 5.55. The van der Waals surface area contributed by atoms with Crippen molar-refractivity contribution in [3.05, 3.63) is 77.8 Å². The lowest BCUT2D eigenvalue weighted by atomic mass is 10.2. The number of para-hydroxylation sites is 3. The topological polar surface area (TPSA) is 29.5 Å². The van der Waals surface area contributed by atoms with Crippen molar-refractivity contribution in [2.75, 3.05) is 11.5 Å². The fourth-order valence-corrected chi connectivity index (χ4v) is 3.99. The molecule has 1 aliphatic heterocycles. The van der Waals surface area contributed by atoms with E-state index in [2.05, 4.69) is 0 Å². The molecular weight excluding hydrogens is 354 g/mol. The second-order valence-corrected chi connectivity index (χ2v) is 6.98. The minimum absolute atomic E-state index is 0.0862. The summed E-state index contributed by atoms with van der Waals surface area (Å²) in [5.74, 6) is 0.366. The summed E-state index contributed by atoms with van der Waals surface area (Å²) in [4.78, 5) is 16.8. The van der Waals surface area contributed by atoms with Crippen molar-refractivity contribution in [2.45, 2.75) is 9.79 Å². The molecule has 3 aromatic carbocycles. The molecule has 25 heavy (non-hydrogen) atoms. The first-order valence-corrected chi connectivity index (χ1v) is 9.00. The largest absolute Gasteiger partial charge is 0.482 e. The summed E-state index contributed by atoms with van der Waals surface area (Å²) >= 11 is 7.77. The molecule has 124 valence electrons. The lowest BCUT2D eigenvalue weighted by Gasteiger charge is -2.30. The van der Waals surface area contributed by atoms with Crippen molar-refractivity contribution < 1.29 is 9.53 Å². The lowest BCUT2D eigenvalue weighted by molar-refractivity contribution is -0.119. The van der Waals surface area contributed by atoms with Crippen LogP contribution in [0.25, 0.3) is 0 Å². The number of rotatable bonds is 3. The first-order chi connectivity index (χ1) is 12.2. The summed E-state index contributed by atoms with van der Waals surface area (Å²) in [7, 11) is 0. The molecule has 0 aromatic heterocycles. The molecular formula is C20H14ClNO2S. The highest BCUT2D eigenvalue weighted by Crippen LogP contribution is 2.47. The molecule has 0 atom stereocenters. The van der Waals surface area contributed by atoms with Crippen LogP contribution >= 0.6 is 23.4 Å². The Balaban J connectivity index is 1.65. The minimum Gasteiger partial charge on any atom is -0.482 e. The number of nitrogens with zero attached hydrogens (tertiary/aromatic N) is 1. The molecule has 0 unspecified atom stereocenters. The van der Waals surface area contributed by atoms with Gasteiger partial charge in [-0.05, 0) is 36.4 Å². The van der Waals surface area contributed by atoms with Crippen LogP contribution in [-0.2, 0) is 4.79 Å². The number of benzene rings is 3. The third-order valence-corrected chi connectivity index (χ3v) is 5.31. The van der Waals surface area contributed by atoms with Gasteiger partial charge in [-0.3, -0.25) is 9.69 Å². The standard InChI is InChI=1S/C20H14ClNO2S/c21-14-7-1-4-10-17(14)24-13-20(23)22-15-8-2-5-11-18(15)25-19-12-6-3-9-16(19)22/h1-12H,13H2. The monoisotopic (exact) mass is 367 g/mol. The fourth-order valence-electron chi connectivity index (χ4n) is 2.74. The number of carbonyl (C=O) groups excluding carboxylic acids is 1. The number of fused-ring (bicyclic) bond motifs is 2. The van der Waals surface area contributed by atoms with Gasteiger partial charge in [-0.25, -0.2) is 0 Å². The van der Waals surface area contributed by atoms with Crippen LogP contribution < -0.4 is 9.64 Å². The number of anilines is 2. The number of amides is 1. The molecule has 1 amide bonds. The van der Waals surface area contributed by atoms with Gasteiger partial charge in [0.15, 0.2) is 6.61 Å². The Morgan fingerprint density at radius 1 is 0.880 bits per heavy atom. The summed E-state index contributed by atoms with van der Waals surface area (Å²) < 4.78 is 5.65. The number of halogens is 1. The molecule has 0 bridgehead atoms. The van der Waals surface area contributed by atoms with Crippen LogP contribution in [0.15, 0.2) is 82.6 Å². The highest BCUT2D eigenvalue weighted by atomic mass is 35.5. The van der Waals surface area contributed by atoms with Crippen molar-refractivity contribution >= 4 is 40.6 Å². The van der Waals surface area contributed by atoms with E-state index in [1.807, 2.05) is 60.7 Å². The molecule has 5 heteroatoms. The van der Waals surface area contributed by atoms with Gasteiger partial charge in [0.05, 0.1) is 16.4 Å². The van der Waals surface area contributed by atoms with Crippen LogP contribution in [0.4, 0.5) is 11.4 Å². The number of ether oxygens (including phenoxy) is 1. The number of carbonyl (C=O) groups is 1. The molecule has 0 fully saturated rings. The van der Waals surface area contributed by atoms with E-state index in [-0.39, 0.29) is 12.5 Å². The van der Waals surface area contributed by atoms with Gasteiger partial charge < -0.3 is 4.74 Å². The molecule has 0 N–H and O–H groups in total. The summed E-state index contributed by atoms with van der Waals surface area (Å²) in [6.45, 7) is -0.0862. The van der Waals surface area contributed by atoms with Gasteiger partial charge in [0.2, 0.25) is 0 Å². The van der Waals surface area contributed by atoms with Crippen molar-refractivity contribution in [1.29, 1.82) is 0 Å². The highest BCUT2D eigenvalue weighted by Gasteiger charge is 2.28. The maximum Gasteiger partial charge on any atom is 0.269 e. The molecule has 3 nitrogen and oxygen atoms in total. The third-order valence-electron chi connectivity index (χ3n) is 3.87. The predicted molar refractivity (Wildman–Crippen MR) is 101 cm³/mol. The van der Waals surface area contributed by atoms with Gasteiger partial charge in [0.25, 0.3) is 5.91 Å². The lowest BCUT2D eigenvalue weighted by Crippen LogP contribution is -2.32. The van der Waals surface area contributed by atoms with Gasteiger partial charge >= 0.3 is 0 Å². The molecule has 3 aromatic rings. The second kappa shape index (κ2) is 6.82. The Bertz CT molecular complexity index is 899. The molecule has 0 saturated heterocycles. The van der Waals surface area contributed by atoms with Crippen LogP contribution in [0, 0.1) is 0 Å². The average molecular weight is 368 g/mol. The smallest absolute Gasteiger partial charge is 0.269 e. The summed E-state index contributed by atoms with van der Waals surface area (Å²) in [5.41, 5.74) is 1.75. The highest BCUT2D eigenvalue weighted by molar-refractivity contribution is 7.99. The fraction of sp³-hybridized carbons (Fsp3) is 0.0500. The quantitative estimate of drug-likeness (QED) is 0.608. The first-order valence-electron chi connectivity index (χ1n) is 7.80. The number of hydrogen-bond acceptors (Lipinski definition) is 3. The van der Waals surface area contributed by atoms with E-state index in [9.17, 15) is 4.79 Å². The Kier molecular flexibility index (Phi) is 4.38. The summed E-state index contributed by atoms with van der Waals surface area (Å²) in [6, 6.07) is 22.9.